The number of carboxylic acid groups (broad SMARTS) is 1. The molecule has 1 aromatic rings. The molecule has 6 nitrogen and oxygen atoms in total. The van der Waals surface area contributed by atoms with Crippen molar-refractivity contribution in [2.75, 3.05) is 19.7 Å². The third kappa shape index (κ3) is 6.02. The molecule has 1 aromatic carbocycles. The maximum Gasteiger partial charge on any atom is 0.320 e. The number of carbonyl (C=O) groups excluding carboxylic acids is 1. The fourth-order valence-corrected chi connectivity index (χ4v) is 2.70. The maximum atomic E-state index is 12.0. The third-order valence-electron chi connectivity index (χ3n) is 3.86. The van der Waals surface area contributed by atoms with Gasteiger partial charge in [-0.2, -0.15) is 0 Å². The second-order valence-electron chi connectivity index (χ2n) is 5.74. The number of rotatable bonds is 8. The van der Waals surface area contributed by atoms with Crippen LogP contribution in [-0.4, -0.2) is 47.6 Å². The Morgan fingerprint density at radius 3 is 2.92 bits per heavy atom. The first-order chi connectivity index (χ1) is 11.1. The molecule has 0 spiro atoms. The Kier molecular flexibility index (Phi) is 8.57. The summed E-state index contributed by atoms with van der Waals surface area (Å²) < 4.78 is 5.56. The monoisotopic (exact) mass is 356 g/mol. The second kappa shape index (κ2) is 10.2. The summed E-state index contributed by atoms with van der Waals surface area (Å²) in [5.74, 6) is -0.210. The van der Waals surface area contributed by atoms with Crippen molar-refractivity contribution >= 4 is 24.3 Å². The molecular formula is C17H25ClN2O4. The van der Waals surface area contributed by atoms with Crippen LogP contribution in [0, 0.1) is 0 Å². The van der Waals surface area contributed by atoms with Crippen molar-refractivity contribution in [3.8, 4) is 5.75 Å². The highest BCUT2D eigenvalue weighted by molar-refractivity contribution is 5.85. The number of hydrogen-bond donors (Lipinski definition) is 2. The van der Waals surface area contributed by atoms with Crippen molar-refractivity contribution in [1.82, 2.24) is 10.2 Å². The van der Waals surface area contributed by atoms with E-state index in [1.165, 1.54) is 0 Å². The predicted molar refractivity (Wildman–Crippen MR) is 93.6 cm³/mol. The van der Waals surface area contributed by atoms with Gasteiger partial charge in [-0.25, -0.2) is 0 Å². The van der Waals surface area contributed by atoms with Gasteiger partial charge in [0.2, 0.25) is 5.91 Å². The molecule has 0 saturated carbocycles. The van der Waals surface area contributed by atoms with Gasteiger partial charge in [-0.15, -0.1) is 12.4 Å². The highest BCUT2D eigenvalue weighted by Gasteiger charge is 2.31. The normalized spacial score (nSPS) is 17.1. The van der Waals surface area contributed by atoms with E-state index in [-0.39, 0.29) is 24.9 Å². The lowest BCUT2D eigenvalue weighted by Crippen LogP contribution is -2.42. The van der Waals surface area contributed by atoms with E-state index in [0.29, 0.717) is 26.1 Å². The second-order valence-corrected chi connectivity index (χ2v) is 5.74. The first kappa shape index (κ1) is 20.3. The van der Waals surface area contributed by atoms with E-state index in [1.54, 1.807) is 4.90 Å². The minimum Gasteiger partial charge on any atom is -0.494 e. The third-order valence-corrected chi connectivity index (χ3v) is 3.86. The van der Waals surface area contributed by atoms with Gasteiger partial charge < -0.3 is 15.2 Å². The van der Waals surface area contributed by atoms with Gasteiger partial charge in [0.1, 0.15) is 11.8 Å². The highest BCUT2D eigenvalue weighted by atomic mass is 35.5. The average Bonchev–Trinajstić information content (AvgIpc) is 2.99. The number of nitrogens with zero attached hydrogens (tertiary/aromatic N) is 1. The van der Waals surface area contributed by atoms with Gasteiger partial charge in [0.05, 0.1) is 13.2 Å². The minimum atomic E-state index is -0.851. The number of aliphatic carboxylic acids is 1. The summed E-state index contributed by atoms with van der Waals surface area (Å²) in [7, 11) is 0. The number of likely N-dealkylation sites (tertiary alicyclic amines) is 1. The van der Waals surface area contributed by atoms with E-state index >= 15 is 0 Å². The number of hydrogen-bond acceptors (Lipinski definition) is 4. The molecule has 24 heavy (non-hydrogen) atoms. The molecule has 2 N–H and O–H groups in total. The van der Waals surface area contributed by atoms with E-state index in [4.69, 9.17) is 9.84 Å². The minimum absolute atomic E-state index is 0. The smallest absolute Gasteiger partial charge is 0.320 e. The van der Waals surface area contributed by atoms with Crippen LogP contribution in [0.3, 0.4) is 0 Å². The fraction of sp³-hybridized carbons (Fsp3) is 0.529. The summed E-state index contributed by atoms with van der Waals surface area (Å²) >= 11 is 0. The van der Waals surface area contributed by atoms with Gasteiger partial charge in [-0.1, -0.05) is 19.1 Å². The van der Waals surface area contributed by atoms with Gasteiger partial charge in [0, 0.05) is 6.54 Å². The van der Waals surface area contributed by atoms with Crippen molar-refractivity contribution in [2.24, 2.45) is 0 Å². The van der Waals surface area contributed by atoms with Crippen LogP contribution in [0.25, 0.3) is 0 Å². The lowest BCUT2D eigenvalue weighted by molar-refractivity contribution is -0.142. The van der Waals surface area contributed by atoms with E-state index in [2.05, 4.69) is 5.32 Å². The van der Waals surface area contributed by atoms with Crippen LogP contribution in [0.1, 0.15) is 31.7 Å². The Labute approximate surface area is 148 Å². The number of nitrogens with one attached hydrogen (secondary N) is 1. The standard InChI is InChI=1S/C17H24N2O4.ClH/c1-2-9-23-14-6-3-5-13(10-14)11-18-16(20)12-19-8-4-7-15(19)17(21)22;/h3,5-6,10,15H,2,4,7-9,11-12H2,1H3,(H,18,20)(H,21,22);1H/t15-;/m1./s1. The first-order valence-corrected chi connectivity index (χ1v) is 8.05. The summed E-state index contributed by atoms with van der Waals surface area (Å²) in [6.07, 6.45) is 2.38. The van der Waals surface area contributed by atoms with Gasteiger partial charge >= 0.3 is 5.97 Å². The maximum absolute atomic E-state index is 12.0. The number of benzene rings is 1. The SMILES string of the molecule is CCCOc1cccc(CNC(=O)CN2CCC[C@@H]2C(=O)O)c1.Cl. The van der Waals surface area contributed by atoms with Crippen LogP contribution >= 0.6 is 12.4 Å². The molecule has 1 fully saturated rings. The Morgan fingerprint density at radius 1 is 1.42 bits per heavy atom. The van der Waals surface area contributed by atoms with Crippen molar-refractivity contribution in [2.45, 2.75) is 38.8 Å². The van der Waals surface area contributed by atoms with E-state index in [1.807, 2.05) is 31.2 Å². The molecule has 0 aromatic heterocycles. The number of halogens is 1. The molecule has 1 amide bonds. The lowest BCUT2D eigenvalue weighted by Gasteiger charge is -2.20. The number of amides is 1. The molecule has 2 rings (SSSR count). The zero-order valence-corrected chi connectivity index (χ0v) is 14.7. The van der Waals surface area contributed by atoms with Crippen LogP contribution in [0.2, 0.25) is 0 Å². The highest BCUT2D eigenvalue weighted by Crippen LogP contribution is 2.17. The summed E-state index contributed by atoms with van der Waals surface area (Å²) in [6.45, 7) is 3.91. The van der Waals surface area contributed by atoms with Gasteiger partial charge in [-0.05, 0) is 43.5 Å². The molecule has 134 valence electrons. The van der Waals surface area contributed by atoms with Crippen molar-refractivity contribution in [3.63, 3.8) is 0 Å². The summed E-state index contributed by atoms with van der Waals surface area (Å²) in [6, 6.07) is 7.09. The number of ether oxygens (including phenoxy) is 1. The Hall–Kier alpha value is -1.79. The summed E-state index contributed by atoms with van der Waals surface area (Å²) in [5, 5.41) is 12.0. The molecule has 1 atom stereocenters. The predicted octanol–water partition coefficient (Wildman–Crippen LogP) is 2.06. The van der Waals surface area contributed by atoms with E-state index < -0.39 is 12.0 Å². The van der Waals surface area contributed by atoms with Crippen LogP contribution in [0.15, 0.2) is 24.3 Å². The van der Waals surface area contributed by atoms with Crippen LogP contribution < -0.4 is 10.1 Å². The topological polar surface area (TPSA) is 78.9 Å². The van der Waals surface area contributed by atoms with Crippen LogP contribution in [0.5, 0.6) is 5.75 Å². The molecule has 0 aliphatic carbocycles. The van der Waals surface area contributed by atoms with E-state index in [9.17, 15) is 9.59 Å². The Bertz CT molecular complexity index is 553. The van der Waals surface area contributed by atoms with Crippen molar-refractivity contribution in [3.05, 3.63) is 29.8 Å². The van der Waals surface area contributed by atoms with Gasteiger partial charge in [0.15, 0.2) is 0 Å². The lowest BCUT2D eigenvalue weighted by atomic mass is 10.2. The molecule has 1 heterocycles. The molecule has 0 bridgehead atoms. The fourth-order valence-electron chi connectivity index (χ4n) is 2.70. The van der Waals surface area contributed by atoms with Gasteiger partial charge in [0.25, 0.3) is 0 Å². The average molecular weight is 357 g/mol. The molecule has 1 saturated heterocycles. The molecule has 0 radical (unpaired) electrons. The largest absolute Gasteiger partial charge is 0.494 e. The number of carbonyl (C=O) groups is 2. The molecule has 1 aliphatic rings. The summed E-state index contributed by atoms with van der Waals surface area (Å²) in [5.41, 5.74) is 0.961. The Morgan fingerprint density at radius 2 is 2.21 bits per heavy atom. The quantitative estimate of drug-likeness (QED) is 0.745. The zero-order chi connectivity index (χ0) is 16.7. The van der Waals surface area contributed by atoms with Crippen molar-refractivity contribution < 1.29 is 19.4 Å². The van der Waals surface area contributed by atoms with Crippen molar-refractivity contribution in [1.29, 1.82) is 0 Å². The van der Waals surface area contributed by atoms with Gasteiger partial charge in [-0.3, -0.25) is 14.5 Å². The van der Waals surface area contributed by atoms with Crippen LogP contribution in [-0.2, 0) is 16.1 Å². The Balaban J connectivity index is 0.00000288. The summed E-state index contributed by atoms with van der Waals surface area (Å²) in [4.78, 5) is 24.9. The molecule has 7 heteroatoms. The number of carboxylic acids is 1. The van der Waals surface area contributed by atoms with E-state index in [0.717, 1.165) is 24.2 Å². The first-order valence-electron chi connectivity index (χ1n) is 8.05. The molecule has 1 aliphatic heterocycles. The molecule has 0 unspecified atom stereocenters. The zero-order valence-electron chi connectivity index (χ0n) is 13.9. The van der Waals surface area contributed by atoms with Crippen LogP contribution in [0.4, 0.5) is 0 Å². The molecular weight excluding hydrogens is 332 g/mol.